The fraction of sp³-hybridized carbons (Fsp3) is 0.357. The molecule has 0 fully saturated rings. The lowest BCUT2D eigenvalue weighted by Gasteiger charge is -2.21. The Labute approximate surface area is 124 Å². The maximum atomic E-state index is 12.4. The van der Waals surface area contributed by atoms with Crippen molar-refractivity contribution >= 4 is 26.6 Å². The number of aliphatic hydroxyl groups is 1. The van der Waals surface area contributed by atoms with Gasteiger partial charge in [0.2, 0.25) is 10.0 Å². The van der Waals surface area contributed by atoms with Crippen molar-refractivity contribution in [3.05, 3.63) is 30.5 Å². The molecule has 4 N–H and O–H groups in total. The van der Waals surface area contributed by atoms with Crippen LogP contribution in [0.15, 0.2) is 35.4 Å². The number of nitrogens with zero attached hydrogens (tertiary/aromatic N) is 1. The number of hydrogen-bond acceptors (Lipinski definition) is 5. The van der Waals surface area contributed by atoms with Crippen molar-refractivity contribution in [1.82, 2.24) is 9.71 Å². The molecule has 1 aromatic heterocycles. The van der Waals surface area contributed by atoms with Crippen molar-refractivity contribution in [3.8, 4) is 0 Å². The number of hydrogen-bond donors (Lipinski definition) is 3. The number of nitrogens with two attached hydrogens (primary N) is 1. The summed E-state index contributed by atoms with van der Waals surface area (Å²) in [6, 6.07) is 6.38. The highest BCUT2D eigenvalue weighted by Gasteiger charge is 2.24. The summed E-state index contributed by atoms with van der Waals surface area (Å²) in [5.74, 6) is 0. The molecule has 6 nitrogen and oxygen atoms in total. The zero-order valence-corrected chi connectivity index (χ0v) is 12.8. The second-order valence-electron chi connectivity index (χ2n) is 5.23. The van der Waals surface area contributed by atoms with Gasteiger partial charge in [-0.2, -0.15) is 0 Å². The lowest BCUT2D eigenvalue weighted by atomic mass is 10.1. The second-order valence-corrected chi connectivity index (χ2v) is 6.96. The van der Waals surface area contributed by atoms with Crippen LogP contribution in [0.2, 0.25) is 0 Å². The molecule has 1 unspecified atom stereocenters. The minimum absolute atomic E-state index is 0.0548. The van der Waals surface area contributed by atoms with Crippen molar-refractivity contribution < 1.29 is 13.5 Å². The summed E-state index contributed by atoms with van der Waals surface area (Å²) in [6.45, 7) is 3.30. The van der Waals surface area contributed by atoms with Gasteiger partial charge in [-0.3, -0.25) is 4.98 Å². The van der Waals surface area contributed by atoms with Crippen molar-refractivity contribution in [2.45, 2.75) is 30.8 Å². The number of sulfonamides is 1. The summed E-state index contributed by atoms with van der Waals surface area (Å²) in [5, 5.41) is 10.5. The van der Waals surface area contributed by atoms with E-state index < -0.39 is 15.6 Å². The number of pyridine rings is 1. The van der Waals surface area contributed by atoms with E-state index in [1.165, 1.54) is 18.3 Å². The second kappa shape index (κ2) is 5.59. The van der Waals surface area contributed by atoms with Crippen molar-refractivity contribution in [2.24, 2.45) is 0 Å². The van der Waals surface area contributed by atoms with E-state index in [0.717, 1.165) is 0 Å². The molecule has 0 aliphatic rings. The van der Waals surface area contributed by atoms with Gasteiger partial charge in [0.25, 0.3) is 0 Å². The molecule has 0 radical (unpaired) electrons. The number of nitrogens with one attached hydrogen (secondary N) is 1. The molecule has 7 heteroatoms. The van der Waals surface area contributed by atoms with E-state index in [-0.39, 0.29) is 11.4 Å². The van der Waals surface area contributed by atoms with Crippen LogP contribution in [-0.4, -0.2) is 30.7 Å². The summed E-state index contributed by atoms with van der Waals surface area (Å²) in [5.41, 5.74) is 5.54. The van der Waals surface area contributed by atoms with E-state index in [9.17, 15) is 13.5 Å². The Kier molecular flexibility index (Phi) is 4.18. The van der Waals surface area contributed by atoms with Crippen LogP contribution in [0.3, 0.4) is 0 Å². The molecule has 0 amide bonds. The van der Waals surface area contributed by atoms with E-state index in [1.807, 2.05) is 0 Å². The summed E-state index contributed by atoms with van der Waals surface area (Å²) in [7, 11) is -3.77. The van der Waals surface area contributed by atoms with Gasteiger partial charge < -0.3 is 10.8 Å². The molecule has 1 atom stereocenters. The van der Waals surface area contributed by atoms with Gasteiger partial charge in [-0.1, -0.05) is 6.92 Å². The largest absolute Gasteiger partial charge is 0.398 e. The van der Waals surface area contributed by atoms with E-state index in [2.05, 4.69) is 9.71 Å². The van der Waals surface area contributed by atoms with Crippen LogP contribution in [0.5, 0.6) is 0 Å². The van der Waals surface area contributed by atoms with Crippen molar-refractivity contribution in [1.29, 1.82) is 0 Å². The number of anilines is 1. The summed E-state index contributed by atoms with van der Waals surface area (Å²) >= 11 is 0. The lowest BCUT2D eigenvalue weighted by Crippen LogP contribution is -2.40. The van der Waals surface area contributed by atoms with Gasteiger partial charge in [0.1, 0.15) is 4.90 Å². The maximum Gasteiger partial charge on any atom is 0.242 e. The number of rotatable bonds is 5. The molecular weight excluding hydrogens is 290 g/mol. The molecule has 2 rings (SSSR count). The molecule has 1 heterocycles. The molecule has 0 aliphatic heterocycles. The van der Waals surface area contributed by atoms with E-state index in [0.29, 0.717) is 23.0 Å². The monoisotopic (exact) mass is 309 g/mol. The standard InChI is InChI=1S/C14H19N3O3S/c1-3-14(2,18)9-17-21(19,20)12-7-6-11(15)10-5-4-8-16-13(10)12/h4-8,17-18H,3,9,15H2,1-2H3. The predicted molar refractivity (Wildman–Crippen MR) is 82.3 cm³/mol. The smallest absolute Gasteiger partial charge is 0.242 e. The van der Waals surface area contributed by atoms with Gasteiger partial charge in [-0.25, -0.2) is 13.1 Å². The quantitative estimate of drug-likeness (QED) is 0.721. The molecule has 0 saturated heterocycles. The van der Waals surface area contributed by atoms with Gasteiger partial charge in [0.15, 0.2) is 0 Å². The molecule has 0 saturated carbocycles. The van der Waals surface area contributed by atoms with Gasteiger partial charge in [-0.05, 0) is 37.6 Å². The highest BCUT2D eigenvalue weighted by atomic mass is 32.2. The highest BCUT2D eigenvalue weighted by molar-refractivity contribution is 7.89. The minimum Gasteiger partial charge on any atom is -0.398 e. The Bertz CT molecular complexity index is 757. The fourth-order valence-corrected chi connectivity index (χ4v) is 3.16. The minimum atomic E-state index is -3.77. The predicted octanol–water partition coefficient (Wildman–Crippen LogP) is 1.26. The van der Waals surface area contributed by atoms with Gasteiger partial charge >= 0.3 is 0 Å². The molecule has 21 heavy (non-hydrogen) atoms. The first kappa shape index (κ1) is 15.7. The normalized spacial score (nSPS) is 15.0. The molecule has 0 bridgehead atoms. The molecule has 1 aromatic carbocycles. The van der Waals surface area contributed by atoms with Crippen LogP contribution in [-0.2, 0) is 10.0 Å². The molecule has 2 aromatic rings. The van der Waals surface area contributed by atoms with E-state index >= 15 is 0 Å². The third-order valence-electron chi connectivity index (χ3n) is 3.46. The first-order valence-corrected chi connectivity index (χ1v) is 8.10. The maximum absolute atomic E-state index is 12.4. The molecule has 114 valence electrons. The number of fused-ring (bicyclic) bond motifs is 1. The summed E-state index contributed by atoms with van der Waals surface area (Å²) in [4.78, 5) is 4.17. The lowest BCUT2D eigenvalue weighted by molar-refractivity contribution is 0.0613. The third-order valence-corrected chi connectivity index (χ3v) is 4.89. The first-order valence-electron chi connectivity index (χ1n) is 6.62. The Morgan fingerprint density at radius 3 is 2.76 bits per heavy atom. The molecule has 0 spiro atoms. The summed E-state index contributed by atoms with van der Waals surface area (Å²) in [6.07, 6.45) is 1.96. The Hall–Kier alpha value is -1.70. The third kappa shape index (κ3) is 3.31. The number of benzene rings is 1. The van der Waals surface area contributed by atoms with Gasteiger partial charge in [0.05, 0.1) is 11.1 Å². The van der Waals surface area contributed by atoms with Crippen LogP contribution < -0.4 is 10.5 Å². The zero-order valence-electron chi connectivity index (χ0n) is 12.0. The van der Waals surface area contributed by atoms with Crippen LogP contribution >= 0.6 is 0 Å². The Balaban J connectivity index is 2.44. The SMILES string of the molecule is CCC(C)(O)CNS(=O)(=O)c1ccc(N)c2cccnc12. The fourth-order valence-electron chi connectivity index (χ4n) is 1.84. The molecular formula is C14H19N3O3S. The zero-order chi connectivity index (χ0) is 15.7. The topological polar surface area (TPSA) is 105 Å². The van der Waals surface area contributed by atoms with Gasteiger partial charge in [-0.15, -0.1) is 0 Å². The van der Waals surface area contributed by atoms with Crippen LogP contribution in [0.4, 0.5) is 5.69 Å². The number of aromatic nitrogens is 1. The Morgan fingerprint density at radius 1 is 1.38 bits per heavy atom. The van der Waals surface area contributed by atoms with E-state index in [4.69, 9.17) is 5.73 Å². The van der Waals surface area contributed by atoms with Crippen LogP contribution in [0.25, 0.3) is 10.9 Å². The van der Waals surface area contributed by atoms with E-state index in [1.54, 1.807) is 26.0 Å². The first-order chi connectivity index (χ1) is 9.77. The summed E-state index contributed by atoms with van der Waals surface area (Å²) < 4.78 is 27.3. The average molecular weight is 309 g/mol. The molecule has 0 aliphatic carbocycles. The highest BCUT2D eigenvalue weighted by Crippen LogP contribution is 2.25. The Morgan fingerprint density at radius 2 is 2.10 bits per heavy atom. The van der Waals surface area contributed by atoms with Crippen LogP contribution in [0.1, 0.15) is 20.3 Å². The average Bonchev–Trinajstić information content (AvgIpc) is 2.46. The van der Waals surface area contributed by atoms with Crippen LogP contribution in [0, 0.1) is 0 Å². The van der Waals surface area contributed by atoms with Crippen molar-refractivity contribution in [2.75, 3.05) is 12.3 Å². The van der Waals surface area contributed by atoms with Gasteiger partial charge in [0, 0.05) is 23.8 Å². The number of nitrogen functional groups attached to an aromatic ring is 1. The van der Waals surface area contributed by atoms with Crippen molar-refractivity contribution in [3.63, 3.8) is 0 Å².